The normalized spacial score (nSPS) is 9.89. The lowest BCUT2D eigenvalue weighted by Crippen LogP contribution is -2.31. The summed E-state index contributed by atoms with van der Waals surface area (Å²) in [5, 5.41) is 3.45. The van der Waals surface area contributed by atoms with Crippen LogP contribution in [0.3, 0.4) is 0 Å². The summed E-state index contributed by atoms with van der Waals surface area (Å²) in [7, 11) is 4.01. The molecule has 0 aliphatic carbocycles. The van der Waals surface area contributed by atoms with Crippen molar-refractivity contribution in [3.8, 4) is 5.75 Å². The van der Waals surface area contributed by atoms with Crippen LogP contribution in [0.2, 0.25) is 5.02 Å². The molecule has 0 aromatic heterocycles. The Hall–Kier alpha value is -0.970. The van der Waals surface area contributed by atoms with E-state index in [2.05, 4.69) is 10.2 Å². The number of amides is 1. The molecule has 1 N–H and O–H groups in total. The summed E-state index contributed by atoms with van der Waals surface area (Å²) in [5.41, 5.74) is 0. The number of ether oxygens (including phenoxy) is 1. The molecule has 19 heavy (non-hydrogen) atoms. The Kier molecular flexibility index (Phi) is 9.39. The minimum Gasteiger partial charge on any atom is -0.484 e. The molecule has 0 saturated carbocycles. The molecule has 0 radical (unpaired) electrons. The summed E-state index contributed by atoms with van der Waals surface area (Å²) in [6, 6.07) is 6.93. The second-order valence-corrected chi connectivity index (χ2v) is 4.69. The van der Waals surface area contributed by atoms with Gasteiger partial charge in [0.05, 0.1) is 0 Å². The van der Waals surface area contributed by atoms with Crippen molar-refractivity contribution < 1.29 is 9.53 Å². The van der Waals surface area contributed by atoms with Crippen molar-refractivity contribution in [2.75, 3.05) is 33.8 Å². The second kappa shape index (κ2) is 9.89. The molecule has 0 atom stereocenters. The molecule has 0 unspecified atom stereocenters. The van der Waals surface area contributed by atoms with E-state index in [4.69, 9.17) is 16.3 Å². The Morgan fingerprint density at radius 3 is 2.53 bits per heavy atom. The molecule has 1 rings (SSSR count). The van der Waals surface area contributed by atoms with Crippen molar-refractivity contribution in [2.24, 2.45) is 0 Å². The number of hydrogen-bond donors (Lipinski definition) is 1. The van der Waals surface area contributed by atoms with Gasteiger partial charge in [0.1, 0.15) is 5.75 Å². The fourth-order valence-electron chi connectivity index (χ4n) is 1.35. The number of nitrogens with one attached hydrogen (secondary N) is 1. The van der Waals surface area contributed by atoms with Crippen molar-refractivity contribution >= 4 is 29.9 Å². The van der Waals surface area contributed by atoms with Gasteiger partial charge in [-0.2, -0.15) is 0 Å². The zero-order chi connectivity index (χ0) is 13.4. The lowest BCUT2D eigenvalue weighted by Gasteiger charge is -2.10. The number of nitrogens with zero attached hydrogens (tertiary/aromatic N) is 1. The zero-order valence-corrected chi connectivity index (χ0v) is 12.8. The van der Waals surface area contributed by atoms with Gasteiger partial charge in [0.25, 0.3) is 5.91 Å². The van der Waals surface area contributed by atoms with E-state index in [1.807, 2.05) is 14.1 Å². The fourth-order valence-corrected chi connectivity index (χ4v) is 1.48. The van der Waals surface area contributed by atoms with Crippen LogP contribution in [0, 0.1) is 0 Å². The summed E-state index contributed by atoms with van der Waals surface area (Å²) in [6.07, 6.45) is 0.930. The monoisotopic (exact) mass is 306 g/mol. The topological polar surface area (TPSA) is 41.6 Å². The molecular formula is C13H20Cl2N2O2. The minimum absolute atomic E-state index is 0. The summed E-state index contributed by atoms with van der Waals surface area (Å²) in [6.45, 7) is 1.66. The maximum absolute atomic E-state index is 11.5. The Labute approximate surface area is 125 Å². The average molecular weight is 307 g/mol. The third-order valence-corrected chi connectivity index (χ3v) is 2.54. The van der Waals surface area contributed by atoms with Crippen molar-refractivity contribution in [3.05, 3.63) is 29.3 Å². The van der Waals surface area contributed by atoms with Crippen molar-refractivity contribution in [1.29, 1.82) is 0 Å². The minimum atomic E-state index is -0.108. The highest BCUT2D eigenvalue weighted by atomic mass is 35.5. The smallest absolute Gasteiger partial charge is 0.257 e. The number of carbonyl (C=O) groups is 1. The summed E-state index contributed by atoms with van der Waals surface area (Å²) >= 11 is 5.75. The van der Waals surface area contributed by atoms with Gasteiger partial charge in [0.15, 0.2) is 6.61 Å². The maximum atomic E-state index is 11.5. The van der Waals surface area contributed by atoms with Gasteiger partial charge in [-0.1, -0.05) is 11.6 Å². The van der Waals surface area contributed by atoms with Crippen LogP contribution in [0.15, 0.2) is 24.3 Å². The van der Waals surface area contributed by atoms with Crippen LogP contribution in [0.5, 0.6) is 5.75 Å². The fraction of sp³-hybridized carbons (Fsp3) is 0.462. The van der Waals surface area contributed by atoms with E-state index >= 15 is 0 Å². The van der Waals surface area contributed by atoms with Crippen molar-refractivity contribution in [1.82, 2.24) is 10.2 Å². The summed E-state index contributed by atoms with van der Waals surface area (Å²) in [4.78, 5) is 13.5. The van der Waals surface area contributed by atoms with E-state index in [1.54, 1.807) is 24.3 Å². The second-order valence-electron chi connectivity index (χ2n) is 4.25. The predicted molar refractivity (Wildman–Crippen MR) is 80.4 cm³/mol. The number of rotatable bonds is 7. The van der Waals surface area contributed by atoms with Crippen LogP contribution in [0.25, 0.3) is 0 Å². The standard InChI is InChI=1S/C13H19ClN2O2.ClH/c1-16(2)9-3-8-15-13(17)10-18-12-6-4-11(14)5-7-12;/h4-7H,3,8-10H2,1-2H3,(H,15,17);1H. The molecule has 6 heteroatoms. The van der Waals surface area contributed by atoms with E-state index in [9.17, 15) is 4.79 Å². The van der Waals surface area contributed by atoms with Gasteiger partial charge in [0, 0.05) is 11.6 Å². The van der Waals surface area contributed by atoms with Crippen LogP contribution >= 0.6 is 24.0 Å². The highest BCUT2D eigenvalue weighted by Crippen LogP contribution is 2.15. The first-order valence-corrected chi connectivity index (χ1v) is 6.25. The first kappa shape index (κ1) is 18.0. The van der Waals surface area contributed by atoms with Crippen molar-refractivity contribution in [3.63, 3.8) is 0 Å². The van der Waals surface area contributed by atoms with Gasteiger partial charge < -0.3 is 15.0 Å². The Balaban J connectivity index is 0.00000324. The lowest BCUT2D eigenvalue weighted by molar-refractivity contribution is -0.123. The molecule has 1 aromatic carbocycles. The molecule has 0 spiro atoms. The number of carbonyl (C=O) groups excluding carboxylic acids is 1. The van der Waals surface area contributed by atoms with Crippen LogP contribution in [0.1, 0.15) is 6.42 Å². The lowest BCUT2D eigenvalue weighted by atomic mass is 10.3. The first-order valence-electron chi connectivity index (χ1n) is 5.88. The number of hydrogen-bond acceptors (Lipinski definition) is 3. The molecule has 0 aliphatic rings. The van der Waals surface area contributed by atoms with Gasteiger partial charge in [-0.05, 0) is 51.3 Å². The van der Waals surface area contributed by atoms with Gasteiger partial charge in [-0.15, -0.1) is 12.4 Å². The van der Waals surface area contributed by atoms with Crippen LogP contribution in [0.4, 0.5) is 0 Å². The van der Waals surface area contributed by atoms with Crippen LogP contribution in [-0.4, -0.2) is 44.6 Å². The Bertz CT molecular complexity index is 369. The molecular weight excluding hydrogens is 287 g/mol. The Morgan fingerprint density at radius 1 is 1.32 bits per heavy atom. The van der Waals surface area contributed by atoms with Gasteiger partial charge in [-0.3, -0.25) is 4.79 Å². The van der Waals surface area contributed by atoms with Crippen LogP contribution < -0.4 is 10.1 Å². The third-order valence-electron chi connectivity index (χ3n) is 2.29. The molecule has 1 aromatic rings. The quantitative estimate of drug-likeness (QED) is 0.785. The first-order chi connectivity index (χ1) is 8.58. The number of halogens is 2. The average Bonchev–Trinajstić information content (AvgIpc) is 2.34. The van der Waals surface area contributed by atoms with Gasteiger partial charge in [0.2, 0.25) is 0 Å². The van der Waals surface area contributed by atoms with E-state index < -0.39 is 0 Å². The summed E-state index contributed by atoms with van der Waals surface area (Å²) < 4.78 is 5.32. The largest absolute Gasteiger partial charge is 0.484 e. The maximum Gasteiger partial charge on any atom is 0.257 e. The molecule has 0 heterocycles. The Morgan fingerprint density at radius 2 is 1.95 bits per heavy atom. The van der Waals surface area contributed by atoms with E-state index in [1.165, 1.54) is 0 Å². The highest BCUT2D eigenvalue weighted by molar-refractivity contribution is 6.30. The molecule has 1 amide bonds. The molecule has 0 aliphatic heterocycles. The SMILES string of the molecule is CN(C)CCCNC(=O)COc1ccc(Cl)cc1.Cl. The third kappa shape index (κ3) is 8.70. The van der Waals surface area contributed by atoms with E-state index in [0.29, 0.717) is 17.3 Å². The molecule has 108 valence electrons. The molecule has 4 nitrogen and oxygen atoms in total. The van der Waals surface area contributed by atoms with E-state index in [0.717, 1.165) is 13.0 Å². The van der Waals surface area contributed by atoms with Gasteiger partial charge >= 0.3 is 0 Å². The van der Waals surface area contributed by atoms with E-state index in [-0.39, 0.29) is 24.9 Å². The van der Waals surface area contributed by atoms with Crippen molar-refractivity contribution in [2.45, 2.75) is 6.42 Å². The summed E-state index contributed by atoms with van der Waals surface area (Å²) in [5.74, 6) is 0.534. The predicted octanol–water partition coefficient (Wildman–Crippen LogP) is 2.21. The number of benzene rings is 1. The van der Waals surface area contributed by atoms with Crippen LogP contribution in [-0.2, 0) is 4.79 Å². The molecule has 0 saturated heterocycles. The molecule has 0 bridgehead atoms. The van der Waals surface area contributed by atoms with Gasteiger partial charge in [-0.25, -0.2) is 0 Å². The highest BCUT2D eigenvalue weighted by Gasteiger charge is 2.02. The molecule has 0 fully saturated rings. The zero-order valence-electron chi connectivity index (χ0n) is 11.2.